The SMILES string of the molecule is COc1cc(/C=N\NC(=O)CNc2ccc(I)cc2)cc(Cl)c1OCC(=O)O. The molecule has 2 aromatic rings. The minimum absolute atomic E-state index is 0.0595. The van der Waals surface area contributed by atoms with E-state index in [-0.39, 0.29) is 29.0 Å². The van der Waals surface area contributed by atoms with Crippen LogP contribution in [0.4, 0.5) is 5.69 Å². The van der Waals surface area contributed by atoms with E-state index in [4.69, 9.17) is 26.2 Å². The summed E-state index contributed by atoms with van der Waals surface area (Å²) in [4.78, 5) is 22.5. The molecular formula is C18H17ClIN3O5. The first-order valence-electron chi connectivity index (χ1n) is 7.92. The first-order chi connectivity index (χ1) is 13.4. The Morgan fingerprint density at radius 2 is 2.00 bits per heavy atom. The first kappa shape index (κ1) is 21.8. The Labute approximate surface area is 180 Å². The summed E-state index contributed by atoms with van der Waals surface area (Å²) < 4.78 is 11.4. The lowest BCUT2D eigenvalue weighted by molar-refractivity contribution is -0.139. The van der Waals surface area contributed by atoms with Crippen molar-refractivity contribution in [3.63, 3.8) is 0 Å². The number of benzene rings is 2. The fourth-order valence-corrected chi connectivity index (χ4v) is 2.69. The molecule has 2 aromatic carbocycles. The molecule has 0 unspecified atom stereocenters. The van der Waals surface area contributed by atoms with Gasteiger partial charge in [-0.2, -0.15) is 5.10 Å². The van der Waals surface area contributed by atoms with Gasteiger partial charge in [-0.25, -0.2) is 10.2 Å². The minimum Gasteiger partial charge on any atom is -0.493 e. The quantitative estimate of drug-likeness (QED) is 0.268. The molecule has 1 amide bonds. The van der Waals surface area contributed by atoms with Gasteiger partial charge in [0.05, 0.1) is 24.9 Å². The van der Waals surface area contributed by atoms with Crippen molar-refractivity contribution in [3.8, 4) is 11.5 Å². The molecule has 8 nitrogen and oxygen atoms in total. The van der Waals surface area contributed by atoms with Crippen LogP contribution in [0.2, 0.25) is 5.02 Å². The van der Waals surface area contributed by atoms with Gasteiger partial charge >= 0.3 is 5.97 Å². The Balaban J connectivity index is 1.93. The van der Waals surface area contributed by atoms with Gasteiger partial charge in [-0.3, -0.25) is 4.79 Å². The van der Waals surface area contributed by atoms with Crippen LogP contribution < -0.4 is 20.2 Å². The number of hydrogen-bond donors (Lipinski definition) is 3. The fourth-order valence-electron chi connectivity index (χ4n) is 2.06. The molecule has 10 heteroatoms. The lowest BCUT2D eigenvalue weighted by Crippen LogP contribution is -2.25. The maximum absolute atomic E-state index is 11.9. The summed E-state index contributed by atoms with van der Waals surface area (Å²) >= 11 is 8.31. The third-order valence-corrected chi connectivity index (χ3v) is 4.29. The van der Waals surface area contributed by atoms with Crippen molar-refractivity contribution in [2.75, 3.05) is 25.6 Å². The Bertz CT molecular complexity index is 874. The lowest BCUT2D eigenvalue weighted by Gasteiger charge is -2.11. The van der Waals surface area contributed by atoms with E-state index in [2.05, 4.69) is 38.4 Å². The van der Waals surface area contributed by atoms with Crippen molar-refractivity contribution in [1.82, 2.24) is 5.43 Å². The number of anilines is 1. The molecule has 0 fully saturated rings. The van der Waals surface area contributed by atoms with Crippen LogP contribution in [0.1, 0.15) is 5.56 Å². The number of carbonyl (C=O) groups excluding carboxylic acids is 1. The van der Waals surface area contributed by atoms with Gasteiger partial charge in [-0.15, -0.1) is 0 Å². The van der Waals surface area contributed by atoms with Crippen LogP contribution in [0.15, 0.2) is 41.5 Å². The average Bonchev–Trinajstić information content (AvgIpc) is 2.66. The van der Waals surface area contributed by atoms with Crippen LogP contribution in [-0.4, -0.2) is 43.5 Å². The van der Waals surface area contributed by atoms with Crippen LogP contribution in [0.25, 0.3) is 0 Å². The number of nitrogens with one attached hydrogen (secondary N) is 2. The van der Waals surface area contributed by atoms with Gasteiger partial charge in [0.2, 0.25) is 0 Å². The second-order valence-electron chi connectivity index (χ2n) is 5.37. The Morgan fingerprint density at radius 1 is 1.29 bits per heavy atom. The summed E-state index contributed by atoms with van der Waals surface area (Å²) in [6.45, 7) is -0.489. The fraction of sp³-hybridized carbons (Fsp3) is 0.167. The number of carbonyl (C=O) groups is 2. The van der Waals surface area contributed by atoms with Crippen molar-refractivity contribution >= 4 is 58.0 Å². The number of rotatable bonds is 9. The summed E-state index contributed by atoms with van der Waals surface area (Å²) in [5.41, 5.74) is 3.76. The number of hydrogen-bond acceptors (Lipinski definition) is 6. The Hall–Kier alpha value is -2.53. The predicted octanol–water partition coefficient (Wildman–Crippen LogP) is 2.98. The summed E-state index contributed by atoms with van der Waals surface area (Å²) in [7, 11) is 1.40. The van der Waals surface area contributed by atoms with Gasteiger partial charge in [0.25, 0.3) is 5.91 Å². The van der Waals surface area contributed by atoms with Crippen LogP contribution in [-0.2, 0) is 9.59 Å². The van der Waals surface area contributed by atoms with Gasteiger partial charge in [0.15, 0.2) is 18.1 Å². The highest BCUT2D eigenvalue weighted by molar-refractivity contribution is 14.1. The first-order valence-corrected chi connectivity index (χ1v) is 9.38. The maximum Gasteiger partial charge on any atom is 0.341 e. The summed E-state index contributed by atoms with van der Waals surface area (Å²) in [6.07, 6.45) is 1.39. The highest BCUT2D eigenvalue weighted by atomic mass is 127. The van der Waals surface area contributed by atoms with E-state index in [0.717, 1.165) is 9.26 Å². The topological polar surface area (TPSA) is 109 Å². The summed E-state index contributed by atoms with van der Waals surface area (Å²) in [5, 5.41) is 15.7. The van der Waals surface area contributed by atoms with E-state index in [0.29, 0.717) is 5.56 Å². The Kier molecular flexibility index (Phi) is 8.33. The molecule has 28 heavy (non-hydrogen) atoms. The van der Waals surface area contributed by atoms with Crippen molar-refractivity contribution in [2.24, 2.45) is 5.10 Å². The zero-order valence-corrected chi connectivity index (χ0v) is 17.7. The molecule has 0 saturated heterocycles. The molecule has 2 rings (SSSR count). The molecule has 0 aliphatic carbocycles. The number of methoxy groups -OCH3 is 1. The van der Waals surface area contributed by atoms with Crippen LogP contribution in [0.5, 0.6) is 11.5 Å². The standard InChI is InChI=1S/C18H17ClIN3O5/c1-27-15-7-11(6-14(19)18(15)28-10-17(25)26)8-22-23-16(24)9-21-13-4-2-12(20)3-5-13/h2-8,21H,9-10H2,1H3,(H,23,24)(H,25,26)/b22-8-. The van der Waals surface area contributed by atoms with Crippen LogP contribution >= 0.6 is 34.2 Å². The number of nitrogens with zero attached hydrogens (tertiary/aromatic N) is 1. The zero-order valence-electron chi connectivity index (χ0n) is 14.7. The van der Waals surface area contributed by atoms with Crippen molar-refractivity contribution in [2.45, 2.75) is 0 Å². The second-order valence-corrected chi connectivity index (χ2v) is 7.02. The third kappa shape index (κ3) is 6.89. The van der Waals surface area contributed by atoms with Crippen molar-refractivity contribution < 1.29 is 24.2 Å². The van der Waals surface area contributed by atoms with Crippen molar-refractivity contribution in [3.05, 3.63) is 50.6 Å². The third-order valence-electron chi connectivity index (χ3n) is 3.29. The largest absolute Gasteiger partial charge is 0.493 e. The number of carboxylic acids is 1. The van der Waals surface area contributed by atoms with E-state index in [1.54, 1.807) is 6.07 Å². The lowest BCUT2D eigenvalue weighted by atomic mass is 10.2. The van der Waals surface area contributed by atoms with E-state index in [1.807, 2.05) is 24.3 Å². The molecule has 0 radical (unpaired) electrons. The second kappa shape index (κ2) is 10.7. The molecule has 148 valence electrons. The van der Waals surface area contributed by atoms with Crippen molar-refractivity contribution in [1.29, 1.82) is 0 Å². The highest BCUT2D eigenvalue weighted by Gasteiger charge is 2.13. The summed E-state index contributed by atoms with van der Waals surface area (Å²) in [5.74, 6) is -1.09. The van der Waals surface area contributed by atoms with Gasteiger partial charge < -0.3 is 19.9 Å². The van der Waals surface area contributed by atoms with Crippen LogP contribution in [0, 0.1) is 3.57 Å². The monoisotopic (exact) mass is 517 g/mol. The molecule has 0 spiro atoms. The number of hydrazone groups is 1. The molecule has 3 N–H and O–H groups in total. The number of carboxylic acid groups (broad SMARTS) is 1. The smallest absolute Gasteiger partial charge is 0.341 e. The number of aliphatic carboxylic acids is 1. The minimum atomic E-state index is -1.13. The molecule has 0 bridgehead atoms. The molecule has 0 aromatic heterocycles. The van der Waals surface area contributed by atoms with Gasteiger partial charge in [-0.05, 0) is 64.6 Å². The zero-order chi connectivity index (χ0) is 20.5. The Morgan fingerprint density at radius 3 is 2.64 bits per heavy atom. The normalized spacial score (nSPS) is 10.5. The summed E-state index contributed by atoms with van der Waals surface area (Å²) in [6, 6.07) is 10.7. The van der Waals surface area contributed by atoms with Crippen LogP contribution in [0.3, 0.4) is 0 Å². The van der Waals surface area contributed by atoms with E-state index >= 15 is 0 Å². The number of amides is 1. The predicted molar refractivity (Wildman–Crippen MR) is 115 cm³/mol. The molecule has 0 aliphatic rings. The molecule has 0 aliphatic heterocycles. The van der Waals surface area contributed by atoms with Gasteiger partial charge in [-0.1, -0.05) is 11.6 Å². The molecular weight excluding hydrogens is 501 g/mol. The number of halogens is 2. The van der Waals surface area contributed by atoms with E-state index in [1.165, 1.54) is 19.4 Å². The highest BCUT2D eigenvalue weighted by Crippen LogP contribution is 2.36. The van der Waals surface area contributed by atoms with E-state index < -0.39 is 12.6 Å². The molecule has 0 heterocycles. The molecule has 0 atom stereocenters. The maximum atomic E-state index is 11.9. The molecule has 0 saturated carbocycles. The average molecular weight is 518 g/mol. The number of ether oxygens (including phenoxy) is 2. The van der Waals surface area contributed by atoms with Gasteiger partial charge in [0, 0.05) is 9.26 Å². The van der Waals surface area contributed by atoms with Gasteiger partial charge in [0.1, 0.15) is 0 Å². The van der Waals surface area contributed by atoms with E-state index in [9.17, 15) is 9.59 Å².